The summed E-state index contributed by atoms with van der Waals surface area (Å²) in [6.45, 7) is 4.13. The number of hydrogen-bond donors (Lipinski definition) is 1. The van der Waals surface area contributed by atoms with Crippen molar-refractivity contribution in [3.05, 3.63) is 17.5 Å². The number of primary amides is 1. The average Bonchev–Trinajstić information content (AvgIpc) is 2.65. The highest BCUT2D eigenvalue weighted by atomic mass is 32.2. The van der Waals surface area contributed by atoms with E-state index >= 15 is 0 Å². The van der Waals surface area contributed by atoms with Gasteiger partial charge in [-0.2, -0.15) is 5.10 Å². The van der Waals surface area contributed by atoms with E-state index in [1.807, 2.05) is 14.0 Å². The van der Waals surface area contributed by atoms with Crippen LogP contribution in [0, 0.1) is 12.8 Å². The van der Waals surface area contributed by atoms with Crippen molar-refractivity contribution in [1.29, 1.82) is 0 Å². The number of amides is 1. The van der Waals surface area contributed by atoms with Gasteiger partial charge in [0.1, 0.15) is 0 Å². The number of carbonyl (C=O) groups excluding carboxylic acids is 1. The van der Waals surface area contributed by atoms with Crippen molar-refractivity contribution in [3.8, 4) is 0 Å². The molecular formula is C13H23N5O3S. The highest BCUT2D eigenvalue weighted by Gasteiger charge is 2.30. The zero-order chi connectivity index (χ0) is 16.5. The van der Waals surface area contributed by atoms with E-state index in [1.165, 1.54) is 4.31 Å². The molecule has 0 spiro atoms. The minimum Gasteiger partial charge on any atom is -0.369 e. The molecule has 1 aromatic heterocycles. The number of aromatic nitrogens is 2. The molecule has 0 aromatic carbocycles. The van der Waals surface area contributed by atoms with Gasteiger partial charge in [-0.05, 0) is 6.92 Å². The third-order valence-electron chi connectivity index (χ3n) is 4.17. The molecule has 124 valence electrons. The average molecular weight is 329 g/mol. The van der Waals surface area contributed by atoms with Crippen molar-refractivity contribution in [3.63, 3.8) is 0 Å². The van der Waals surface area contributed by atoms with Crippen LogP contribution in [-0.2, 0) is 28.4 Å². The van der Waals surface area contributed by atoms with E-state index in [2.05, 4.69) is 10.00 Å². The molecule has 0 unspecified atom stereocenters. The molecule has 8 nitrogen and oxygen atoms in total. The predicted octanol–water partition coefficient (Wildman–Crippen LogP) is -1.09. The second kappa shape index (κ2) is 6.35. The zero-order valence-corrected chi connectivity index (χ0v) is 14.0. The zero-order valence-electron chi connectivity index (χ0n) is 13.2. The molecule has 0 aliphatic carbocycles. The Kier molecular flexibility index (Phi) is 4.88. The van der Waals surface area contributed by atoms with Gasteiger partial charge in [0.05, 0.1) is 18.4 Å². The summed E-state index contributed by atoms with van der Waals surface area (Å²) in [5.41, 5.74) is 7.55. The molecule has 1 aliphatic heterocycles. The van der Waals surface area contributed by atoms with Gasteiger partial charge in [-0.1, -0.05) is 0 Å². The largest absolute Gasteiger partial charge is 0.369 e. The van der Waals surface area contributed by atoms with E-state index in [0.717, 1.165) is 17.5 Å². The summed E-state index contributed by atoms with van der Waals surface area (Å²) in [6, 6.07) is 0. The van der Waals surface area contributed by atoms with E-state index in [4.69, 9.17) is 5.73 Å². The van der Waals surface area contributed by atoms with Crippen LogP contribution in [0.5, 0.6) is 0 Å². The van der Waals surface area contributed by atoms with Crippen LogP contribution in [0.15, 0.2) is 6.20 Å². The van der Waals surface area contributed by atoms with Crippen molar-refractivity contribution in [1.82, 2.24) is 19.0 Å². The second-order valence-electron chi connectivity index (χ2n) is 5.83. The molecular weight excluding hydrogens is 306 g/mol. The SMILES string of the molecule is Cc1c(CN2CCN(S(C)(=O)=O)C[C@@H](C(N)=O)C2)cnn1C. The standard InChI is InChI=1S/C13H23N5O3S/c1-10-11(6-15-16(10)2)7-17-4-5-18(22(3,20)21)9-12(8-17)13(14)19/h6,12H,4-5,7-9H2,1-3H3,(H2,14,19)/t12-/m0/s1. The van der Waals surface area contributed by atoms with Crippen LogP contribution in [0.4, 0.5) is 0 Å². The van der Waals surface area contributed by atoms with Crippen molar-refractivity contribution >= 4 is 15.9 Å². The lowest BCUT2D eigenvalue weighted by Crippen LogP contribution is -2.40. The van der Waals surface area contributed by atoms with Gasteiger partial charge in [0, 0.05) is 51.0 Å². The Balaban J connectivity index is 2.16. The third-order valence-corrected chi connectivity index (χ3v) is 5.44. The number of hydrogen-bond acceptors (Lipinski definition) is 5. The molecule has 1 saturated heterocycles. The molecule has 22 heavy (non-hydrogen) atoms. The maximum atomic E-state index is 11.8. The van der Waals surface area contributed by atoms with Crippen molar-refractivity contribution in [2.75, 3.05) is 32.4 Å². The smallest absolute Gasteiger partial charge is 0.223 e. The topological polar surface area (TPSA) is 102 Å². The number of rotatable bonds is 4. The Morgan fingerprint density at radius 2 is 2.09 bits per heavy atom. The first-order valence-corrected chi connectivity index (χ1v) is 8.97. The lowest BCUT2D eigenvalue weighted by Gasteiger charge is -2.21. The van der Waals surface area contributed by atoms with Gasteiger partial charge in [-0.15, -0.1) is 0 Å². The summed E-state index contributed by atoms with van der Waals surface area (Å²) in [5, 5.41) is 4.21. The van der Waals surface area contributed by atoms with Gasteiger partial charge in [-0.25, -0.2) is 12.7 Å². The molecule has 1 fully saturated rings. The Morgan fingerprint density at radius 1 is 1.41 bits per heavy atom. The van der Waals surface area contributed by atoms with Crippen LogP contribution in [0.1, 0.15) is 11.3 Å². The first kappa shape index (κ1) is 16.9. The minimum atomic E-state index is -3.33. The Hall–Kier alpha value is -1.45. The monoisotopic (exact) mass is 329 g/mol. The molecule has 9 heteroatoms. The Morgan fingerprint density at radius 3 is 2.59 bits per heavy atom. The summed E-state index contributed by atoms with van der Waals surface area (Å²) in [7, 11) is -1.46. The molecule has 1 atom stereocenters. The minimum absolute atomic E-state index is 0.149. The summed E-state index contributed by atoms with van der Waals surface area (Å²) >= 11 is 0. The fourth-order valence-electron chi connectivity index (χ4n) is 2.62. The molecule has 0 radical (unpaired) electrons. The van der Waals surface area contributed by atoms with Gasteiger partial charge in [-0.3, -0.25) is 14.4 Å². The molecule has 2 N–H and O–H groups in total. The van der Waals surface area contributed by atoms with E-state index in [9.17, 15) is 13.2 Å². The van der Waals surface area contributed by atoms with Crippen LogP contribution >= 0.6 is 0 Å². The molecule has 1 aliphatic rings. The summed E-state index contributed by atoms with van der Waals surface area (Å²) in [4.78, 5) is 13.7. The summed E-state index contributed by atoms with van der Waals surface area (Å²) < 4.78 is 26.7. The highest BCUT2D eigenvalue weighted by Crippen LogP contribution is 2.16. The second-order valence-corrected chi connectivity index (χ2v) is 7.82. The molecule has 2 heterocycles. The Labute approximate surface area is 130 Å². The quantitative estimate of drug-likeness (QED) is 0.756. The number of carbonyl (C=O) groups is 1. The molecule has 1 aromatic rings. The van der Waals surface area contributed by atoms with Crippen LogP contribution in [0.3, 0.4) is 0 Å². The van der Waals surface area contributed by atoms with Crippen molar-refractivity contribution < 1.29 is 13.2 Å². The van der Waals surface area contributed by atoms with Gasteiger partial charge < -0.3 is 5.73 Å². The first-order chi connectivity index (χ1) is 10.2. The van der Waals surface area contributed by atoms with Crippen LogP contribution in [-0.4, -0.2) is 65.7 Å². The predicted molar refractivity (Wildman–Crippen MR) is 82.3 cm³/mol. The lowest BCUT2D eigenvalue weighted by atomic mass is 10.1. The van der Waals surface area contributed by atoms with Crippen LogP contribution in [0.2, 0.25) is 0 Å². The first-order valence-electron chi connectivity index (χ1n) is 7.12. The van der Waals surface area contributed by atoms with E-state index in [0.29, 0.717) is 26.2 Å². The number of nitrogens with zero attached hydrogens (tertiary/aromatic N) is 4. The van der Waals surface area contributed by atoms with Crippen molar-refractivity contribution in [2.45, 2.75) is 13.5 Å². The van der Waals surface area contributed by atoms with Gasteiger partial charge in [0.2, 0.25) is 15.9 Å². The number of nitrogens with two attached hydrogens (primary N) is 1. The van der Waals surface area contributed by atoms with Gasteiger partial charge >= 0.3 is 0 Å². The van der Waals surface area contributed by atoms with Gasteiger partial charge in [0.15, 0.2) is 0 Å². The van der Waals surface area contributed by atoms with E-state index < -0.39 is 21.8 Å². The molecule has 0 bridgehead atoms. The van der Waals surface area contributed by atoms with Crippen LogP contribution in [0.25, 0.3) is 0 Å². The van der Waals surface area contributed by atoms with E-state index in [-0.39, 0.29) is 6.54 Å². The maximum absolute atomic E-state index is 11.8. The molecule has 2 rings (SSSR count). The van der Waals surface area contributed by atoms with Crippen LogP contribution < -0.4 is 5.73 Å². The summed E-state index contributed by atoms with van der Waals surface area (Å²) in [6.07, 6.45) is 2.96. The Bertz CT molecular complexity index is 655. The normalized spacial score (nSPS) is 21.7. The fraction of sp³-hybridized carbons (Fsp3) is 0.692. The fourth-order valence-corrected chi connectivity index (χ4v) is 3.48. The third kappa shape index (κ3) is 3.84. The van der Waals surface area contributed by atoms with Crippen molar-refractivity contribution in [2.24, 2.45) is 18.7 Å². The van der Waals surface area contributed by atoms with E-state index in [1.54, 1.807) is 10.9 Å². The number of aryl methyl sites for hydroxylation is 1. The summed E-state index contributed by atoms with van der Waals surface area (Å²) in [5.74, 6) is -0.974. The highest BCUT2D eigenvalue weighted by molar-refractivity contribution is 7.88. The lowest BCUT2D eigenvalue weighted by molar-refractivity contribution is -0.122. The molecule has 0 saturated carbocycles. The molecule has 1 amide bonds. The van der Waals surface area contributed by atoms with Gasteiger partial charge in [0.25, 0.3) is 0 Å². The number of sulfonamides is 1. The maximum Gasteiger partial charge on any atom is 0.223 e.